The molecule has 0 aliphatic carbocycles. The monoisotopic (exact) mass is 337 g/mol. The summed E-state index contributed by atoms with van der Waals surface area (Å²) in [6.07, 6.45) is 5.95. The number of hydrogen-bond donors (Lipinski definition) is 0. The minimum Gasteiger partial charge on any atom is -0.372 e. The fourth-order valence-corrected chi connectivity index (χ4v) is 3.59. The quantitative estimate of drug-likeness (QED) is 0.864. The Kier molecular flexibility index (Phi) is 4.65. The standard InChI is InChI=1S/C20H23N3O2/c24-20(17-3-5-18(6-4-17)22-11-1-2-12-22)23-13-14-25-19(15-23)16-7-9-21-10-8-16/h3-10,19H,1-2,11-15H2. The Morgan fingerprint density at radius 1 is 1.00 bits per heavy atom. The van der Waals surface area contributed by atoms with E-state index in [0.717, 1.165) is 24.2 Å². The van der Waals surface area contributed by atoms with Gasteiger partial charge in [-0.25, -0.2) is 0 Å². The van der Waals surface area contributed by atoms with Gasteiger partial charge in [-0.15, -0.1) is 0 Å². The largest absolute Gasteiger partial charge is 0.372 e. The molecule has 0 spiro atoms. The van der Waals surface area contributed by atoms with Crippen molar-refractivity contribution in [3.63, 3.8) is 0 Å². The Labute approximate surface area is 148 Å². The van der Waals surface area contributed by atoms with Crippen LogP contribution in [0.2, 0.25) is 0 Å². The first-order chi connectivity index (χ1) is 12.3. The molecule has 1 unspecified atom stereocenters. The van der Waals surface area contributed by atoms with Gasteiger partial charge >= 0.3 is 0 Å². The molecule has 0 radical (unpaired) electrons. The fourth-order valence-electron chi connectivity index (χ4n) is 3.59. The van der Waals surface area contributed by atoms with E-state index in [2.05, 4.69) is 22.0 Å². The molecule has 0 bridgehead atoms. The summed E-state index contributed by atoms with van der Waals surface area (Å²) < 4.78 is 5.84. The van der Waals surface area contributed by atoms with E-state index in [4.69, 9.17) is 4.74 Å². The summed E-state index contributed by atoms with van der Waals surface area (Å²) in [7, 11) is 0. The van der Waals surface area contributed by atoms with Crippen LogP contribution in [0, 0.1) is 0 Å². The lowest BCUT2D eigenvalue weighted by Crippen LogP contribution is -2.42. The number of amides is 1. The van der Waals surface area contributed by atoms with Gasteiger partial charge in [0.1, 0.15) is 6.10 Å². The highest BCUT2D eigenvalue weighted by Crippen LogP contribution is 2.24. The number of pyridine rings is 1. The maximum absolute atomic E-state index is 12.9. The molecule has 2 saturated heterocycles. The van der Waals surface area contributed by atoms with Crippen molar-refractivity contribution in [2.24, 2.45) is 0 Å². The Morgan fingerprint density at radius 2 is 1.72 bits per heavy atom. The fraction of sp³-hybridized carbons (Fsp3) is 0.400. The zero-order valence-corrected chi connectivity index (χ0v) is 14.3. The second-order valence-electron chi connectivity index (χ2n) is 6.63. The van der Waals surface area contributed by atoms with Gasteiger partial charge in [-0.05, 0) is 54.8 Å². The zero-order chi connectivity index (χ0) is 17.1. The Balaban J connectivity index is 1.44. The van der Waals surface area contributed by atoms with E-state index in [0.29, 0.717) is 19.7 Å². The zero-order valence-electron chi connectivity index (χ0n) is 14.3. The van der Waals surface area contributed by atoms with Crippen LogP contribution in [-0.4, -0.2) is 48.6 Å². The van der Waals surface area contributed by atoms with Crippen molar-refractivity contribution >= 4 is 11.6 Å². The number of benzene rings is 1. The van der Waals surface area contributed by atoms with Crippen LogP contribution in [0.4, 0.5) is 5.69 Å². The molecule has 0 saturated carbocycles. The van der Waals surface area contributed by atoms with Gasteiger partial charge in [0.15, 0.2) is 0 Å². The van der Waals surface area contributed by atoms with Crippen molar-refractivity contribution in [3.8, 4) is 0 Å². The molecule has 25 heavy (non-hydrogen) atoms. The number of anilines is 1. The number of morpholine rings is 1. The first-order valence-corrected chi connectivity index (χ1v) is 8.97. The molecular weight excluding hydrogens is 314 g/mol. The molecule has 1 atom stereocenters. The topological polar surface area (TPSA) is 45.7 Å². The highest BCUT2D eigenvalue weighted by Gasteiger charge is 2.26. The lowest BCUT2D eigenvalue weighted by Gasteiger charge is -2.33. The molecule has 2 aliphatic rings. The smallest absolute Gasteiger partial charge is 0.254 e. The summed E-state index contributed by atoms with van der Waals surface area (Å²) in [5.74, 6) is 0.0790. The first kappa shape index (κ1) is 16.1. The number of rotatable bonds is 3. The maximum atomic E-state index is 12.9. The highest BCUT2D eigenvalue weighted by molar-refractivity contribution is 5.94. The Bertz CT molecular complexity index is 711. The minimum atomic E-state index is -0.0791. The second kappa shape index (κ2) is 7.23. The number of hydrogen-bond acceptors (Lipinski definition) is 4. The predicted octanol–water partition coefficient (Wildman–Crippen LogP) is 2.90. The van der Waals surface area contributed by atoms with E-state index < -0.39 is 0 Å². The van der Waals surface area contributed by atoms with E-state index in [1.54, 1.807) is 12.4 Å². The summed E-state index contributed by atoms with van der Waals surface area (Å²) in [6, 6.07) is 11.9. The SMILES string of the molecule is O=C(c1ccc(N2CCCC2)cc1)N1CCOC(c2ccncc2)C1. The molecule has 2 aromatic rings. The molecule has 2 fully saturated rings. The van der Waals surface area contributed by atoms with E-state index in [9.17, 15) is 4.79 Å². The number of carbonyl (C=O) groups excluding carboxylic acids is 1. The van der Waals surface area contributed by atoms with Crippen molar-refractivity contribution in [3.05, 3.63) is 59.9 Å². The highest BCUT2D eigenvalue weighted by atomic mass is 16.5. The van der Waals surface area contributed by atoms with Gasteiger partial charge in [0, 0.05) is 43.3 Å². The second-order valence-corrected chi connectivity index (χ2v) is 6.63. The van der Waals surface area contributed by atoms with Crippen LogP contribution in [0.1, 0.15) is 34.9 Å². The van der Waals surface area contributed by atoms with Gasteiger partial charge in [0.2, 0.25) is 0 Å². The van der Waals surface area contributed by atoms with Crippen molar-refractivity contribution in [1.82, 2.24) is 9.88 Å². The molecule has 3 heterocycles. The molecule has 1 aromatic heterocycles. The molecule has 1 amide bonds. The molecular formula is C20H23N3O2. The van der Waals surface area contributed by atoms with Gasteiger partial charge < -0.3 is 14.5 Å². The average molecular weight is 337 g/mol. The van der Waals surface area contributed by atoms with Gasteiger partial charge in [-0.3, -0.25) is 9.78 Å². The Morgan fingerprint density at radius 3 is 2.44 bits per heavy atom. The van der Waals surface area contributed by atoms with Crippen LogP contribution >= 0.6 is 0 Å². The third kappa shape index (κ3) is 3.51. The molecule has 4 rings (SSSR count). The Hall–Kier alpha value is -2.40. The van der Waals surface area contributed by atoms with Gasteiger partial charge in [0.25, 0.3) is 5.91 Å². The summed E-state index contributed by atoms with van der Waals surface area (Å²) in [5.41, 5.74) is 3.03. The van der Waals surface area contributed by atoms with Crippen LogP contribution in [-0.2, 0) is 4.74 Å². The van der Waals surface area contributed by atoms with Crippen LogP contribution in [0.25, 0.3) is 0 Å². The van der Waals surface area contributed by atoms with Crippen molar-refractivity contribution in [1.29, 1.82) is 0 Å². The number of aromatic nitrogens is 1. The average Bonchev–Trinajstić information content (AvgIpc) is 3.23. The lowest BCUT2D eigenvalue weighted by molar-refractivity contribution is -0.0228. The van der Waals surface area contributed by atoms with E-state index in [1.165, 1.54) is 18.5 Å². The number of ether oxygens (including phenoxy) is 1. The van der Waals surface area contributed by atoms with E-state index >= 15 is 0 Å². The number of nitrogens with zero attached hydrogens (tertiary/aromatic N) is 3. The predicted molar refractivity (Wildman–Crippen MR) is 96.7 cm³/mol. The lowest BCUT2D eigenvalue weighted by atomic mass is 10.1. The minimum absolute atomic E-state index is 0.0790. The molecule has 5 heteroatoms. The first-order valence-electron chi connectivity index (χ1n) is 8.97. The van der Waals surface area contributed by atoms with Crippen molar-refractivity contribution in [2.45, 2.75) is 18.9 Å². The summed E-state index contributed by atoms with van der Waals surface area (Å²) >= 11 is 0. The molecule has 130 valence electrons. The molecule has 0 N–H and O–H groups in total. The molecule has 1 aromatic carbocycles. The van der Waals surface area contributed by atoms with Crippen molar-refractivity contribution in [2.75, 3.05) is 37.7 Å². The van der Waals surface area contributed by atoms with Crippen LogP contribution in [0.3, 0.4) is 0 Å². The summed E-state index contributed by atoms with van der Waals surface area (Å²) in [5, 5.41) is 0. The summed E-state index contributed by atoms with van der Waals surface area (Å²) in [6.45, 7) is 4.00. The molecule has 5 nitrogen and oxygen atoms in total. The van der Waals surface area contributed by atoms with E-state index in [1.807, 2.05) is 29.2 Å². The van der Waals surface area contributed by atoms with Crippen molar-refractivity contribution < 1.29 is 9.53 Å². The normalized spacial score (nSPS) is 20.7. The van der Waals surface area contributed by atoms with Crippen LogP contribution < -0.4 is 4.90 Å². The maximum Gasteiger partial charge on any atom is 0.254 e. The van der Waals surface area contributed by atoms with Gasteiger partial charge in [-0.2, -0.15) is 0 Å². The van der Waals surface area contributed by atoms with Gasteiger partial charge in [0.05, 0.1) is 13.2 Å². The number of carbonyl (C=O) groups is 1. The molecule has 2 aliphatic heterocycles. The van der Waals surface area contributed by atoms with Crippen LogP contribution in [0.15, 0.2) is 48.8 Å². The van der Waals surface area contributed by atoms with Crippen LogP contribution in [0.5, 0.6) is 0 Å². The summed E-state index contributed by atoms with van der Waals surface area (Å²) in [4.78, 5) is 21.2. The third-order valence-electron chi connectivity index (χ3n) is 5.02. The third-order valence-corrected chi connectivity index (χ3v) is 5.02. The van der Waals surface area contributed by atoms with E-state index in [-0.39, 0.29) is 12.0 Å². The van der Waals surface area contributed by atoms with Gasteiger partial charge in [-0.1, -0.05) is 0 Å².